The van der Waals surface area contributed by atoms with Crippen molar-refractivity contribution in [2.45, 2.75) is 13.8 Å². The lowest BCUT2D eigenvalue weighted by Crippen LogP contribution is -2.25. The second-order valence-electron chi connectivity index (χ2n) is 2.43. The Labute approximate surface area is 60.5 Å². The fourth-order valence-corrected chi connectivity index (χ4v) is 1.09. The lowest BCUT2D eigenvalue weighted by atomic mass is 10.1. The topological polar surface area (TPSA) is 77.2 Å². The zero-order chi connectivity index (χ0) is 8.36. The van der Waals surface area contributed by atoms with Gasteiger partial charge in [-0.15, -0.1) is 0 Å². The number of primary sulfonamides is 1. The van der Waals surface area contributed by atoms with E-state index in [1.807, 2.05) is 0 Å². The van der Waals surface area contributed by atoms with E-state index < -0.39 is 15.8 Å². The van der Waals surface area contributed by atoms with Crippen LogP contribution in [0.2, 0.25) is 0 Å². The van der Waals surface area contributed by atoms with Crippen LogP contribution in [-0.4, -0.2) is 20.0 Å². The molecule has 0 unspecified atom stereocenters. The van der Waals surface area contributed by atoms with Crippen molar-refractivity contribution in [2.24, 2.45) is 11.1 Å². The van der Waals surface area contributed by atoms with Crippen molar-refractivity contribution in [1.29, 1.82) is 0 Å². The third-order valence-corrected chi connectivity index (χ3v) is 1.67. The third-order valence-electron chi connectivity index (χ3n) is 0.987. The van der Waals surface area contributed by atoms with Gasteiger partial charge in [0.1, 0.15) is 5.75 Å². The summed E-state index contributed by atoms with van der Waals surface area (Å²) in [5, 5.41) is 4.63. The molecule has 0 aromatic heterocycles. The molecule has 0 aliphatic rings. The molecule has 0 spiro atoms. The molecule has 0 saturated carbocycles. The van der Waals surface area contributed by atoms with Crippen LogP contribution in [0.3, 0.4) is 0 Å². The molecule has 0 amide bonds. The molecule has 0 saturated heterocycles. The van der Waals surface area contributed by atoms with Gasteiger partial charge in [0, 0.05) is 5.92 Å². The number of carbonyl (C=O) groups is 1. The monoisotopic (exact) mass is 165 g/mol. The van der Waals surface area contributed by atoms with Crippen LogP contribution in [-0.2, 0) is 14.8 Å². The fraction of sp³-hybridized carbons (Fsp3) is 0.800. The first-order valence-corrected chi connectivity index (χ1v) is 4.57. The number of Topliss-reactive ketones (excluding diaryl/α,β-unsaturated/α-hetero) is 1. The Bertz CT molecular complexity index is 217. The van der Waals surface area contributed by atoms with Crippen molar-refractivity contribution in [2.75, 3.05) is 5.75 Å². The molecule has 0 bridgehead atoms. The number of rotatable bonds is 3. The van der Waals surface area contributed by atoms with Gasteiger partial charge in [0.25, 0.3) is 0 Å². The van der Waals surface area contributed by atoms with Crippen LogP contribution in [0.25, 0.3) is 0 Å². The molecule has 0 aromatic rings. The van der Waals surface area contributed by atoms with Gasteiger partial charge >= 0.3 is 0 Å². The van der Waals surface area contributed by atoms with Gasteiger partial charge in [0.2, 0.25) is 10.0 Å². The Kier molecular flexibility index (Phi) is 2.98. The molecule has 0 atom stereocenters. The van der Waals surface area contributed by atoms with Crippen LogP contribution < -0.4 is 5.14 Å². The molecule has 4 nitrogen and oxygen atoms in total. The average molecular weight is 165 g/mol. The van der Waals surface area contributed by atoms with Crippen molar-refractivity contribution in [3.63, 3.8) is 0 Å². The first-order chi connectivity index (χ1) is 4.33. The van der Waals surface area contributed by atoms with Crippen LogP contribution in [0.5, 0.6) is 0 Å². The van der Waals surface area contributed by atoms with Crippen LogP contribution in [0, 0.1) is 5.92 Å². The lowest BCUT2D eigenvalue weighted by molar-refractivity contribution is -0.119. The zero-order valence-electron chi connectivity index (χ0n) is 5.99. The molecule has 0 rings (SSSR count). The number of hydrogen-bond acceptors (Lipinski definition) is 3. The van der Waals surface area contributed by atoms with Crippen LogP contribution >= 0.6 is 0 Å². The van der Waals surface area contributed by atoms with E-state index in [4.69, 9.17) is 0 Å². The smallest absolute Gasteiger partial charge is 0.216 e. The second-order valence-corrected chi connectivity index (χ2v) is 4.04. The highest BCUT2D eigenvalue weighted by Crippen LogP contribution is 1.95. The van der Waals surface area contributed by atoms with E-state index >= 15 is 0 Å². The Hall–Kier alpha value is -0.420. The van der Waals surface area contributed by atoms with E-state index in [1.165, 1.54) is 0 Å². The van der Waals surface area contributed by atoms with E-state index in [0.29, 0.717) is 0 Å². The Morgan fingerprint density at radius 2 is 1.90 bits per heavy atom. The molecule has 0 fully saturated rings. The molecule has 0 heterocycles. The van der Waals surface area contributed by atoms with Crippen LogP contribution in [0.1, 0.15) is 13.8 Å². The normalized spacial score (nSPS) is 12.0. The number of ketones is 1. The summed E-state index contributed by atoms with van der Waals surface area (Å²) < 4.78 is 20.6. The maximum absolute atomic E-state index is 10.7. The lowest BCUT2D eigenvalue weighted by Gasteiger charge is -2.00. The van der Waals surface area contributed by atoms with Crippen molar-refractivity contribution >= 4 is 15.8 Å². The summed E-state index contributed by atoms with van der Waals surface area (Å²) in [5.41, 5.74) is 0. The van der Waals surface area contributed by atoms with Crippen molar-refractivity contribution < 1.29 is 13.2 Å². The van der Waals surface area contributed by atoms with E-state index in [1.54, 1.807) is 13.8 Å². The number of nitrogens with two attached hydrogens (primary N) is 1. The molecule has 0 radical (unpaired) electrons. The number of sulfonamides is 1. The van der Waals surface area contributed by atoms with E-state index in [0.717, 1.165) is 0 Å². The first-order valence-electron chi connectivity index (χ1n) is 2.86. The first kappa shape index (κ1) is 9.58. The molecule has 60 valence electrons. The second kappa shape index (κ2) is 3.12. The molecule has 0 aliphatic carbocycles. The SMILES string of the molecule is CC(C)C(=O)CS(N)(=O)=O. The summed E-state index contributed by atoms with van der Waals surface area (Å²) in [6.07, 6.45) is 0. The Balaban J connectivity index is 4.07. The quantitative estimate of drug-likeness (QED) is 0.612. The highest BCUT2D eigenvalue weighted by Gasteiger charge is 2.13. The molecule has 2 N–H and O–H groups in total. The minimum Gasteiger partial charge on any atom is -0.298 e. The third kappa shape index (κ3) is 4.46. The van der Waals surface area contributed by atoms with Crippen LogP contribution in [0.4, 0.5) is 0 Å². The maximum Gasteiger partial charge on any atom is 0.216 e. The van der Waals surface area contributed by atoms with Gasteiger partial charge in [-0.05, 0) is 0 Å². The van der Waals surface area contributed by atoms with Gasteiger partial charge in [-0.1, -0.05) is 13.8 Å². The highest BCUT2D eigenvalue weighted by molar-refractivity contribution is 7.89. The number of hydrogen-bond donors (Lipinski definition) is 1. The number of carbonyl (C=O) groups excluding carboxylic acids is 1. The van der Waals surface area contributed by atoms with Gasteiger partial charge in [-0.3, -0.25) is 4.79 Å². The standard InChI is InChI=1S/C5H11NO3S/c1-4(2)5(7)3-10(6,8)9/h4H,3H2,1-2H3,(H2,6,8,9). The molecular formula is C5H11NO3S. The molecule has 0 aromatic carbocycles. The largest absolute Gasteiger partial charge is 0.298 e. The molecular weight excluding hydrogens is 154 g/mol. The van der Waals surface area contributed by atoms with E-state index in [9.17, 15) is 13.2 Å². The predicted molar refractivity (Wildman–Crippen MR) is 37.8 cm³/mol. The van der Waals surface area contributed by atoms with E-state index in [2.05, 4.69) is 5.14 Å². The fourth-order valence-electron chi connectivity index (χ4n) is 0.365. The summed E-state index contributed by atoms with van der Waals surface area (Å²) in [6.45, 7) is 3.26. The van der Waals surface area contributed by atoms with Crippen LogP contribution in [0.15, 0.2) is 0 Å². The highest BCUT2D eigenvalue weighted by atomic mass is 32.2. The van der Waals surface area contributed by atoms with Gasteiger partial charge in [-0.2, -0.15) is 0 Å². The zero-order valence-corrected chi connectivity index (χ0v) is 6.81. The summed E-state index contributed by atoms with van der Waals surface area (Å²) in [6, 6.07) is 0. The van der Waals surface area contributed by atoms with Crippen molar-refractivity contribution in [1.82, 2.24) is 0 Å². The van der Waals surface area contributed by atoms with Crippen molar-refractivity contribution in [3.8, 4) is 0 Å². The summed E-state index contributed by atoms with van der Waals surface area (Å²) in [5.74, 6) is -1.16. The molecule has 0 aliphatic heterocycles. The minimum absolute atomic E-state index is 0.265. The Morgan fingerprint density at radius 3 is 2.00 bits per heavy atom. The van der Waals surface area contributed by atoms with E-state index in [-0.39, 0.29) is 11.7 Å². The van der Waals surface area contributed by atoms with Crippen molar-refractivity contribution in [3.05, 3.63) is 0 Å². The predicted octanol–water partition coefficient (Wildman–Crippen LogP) is -0.500. The Morgan fingerprint density at radius 1 is 1.50 bits per heavy atom. The van der Waals surface area contributed by atoms with Gasteiger partial charge in [0.15, 0.2) is 5.78 Å². The average Bonchev–Trinajstić information content (AvgIpc) is 1.60. The summed E-state index contributed by atoms with van der Waals surface area (Å²) >= 11 is 0. The maximum atomic E-state index is 10.7. The molecule has 5 heteroatoms. The van der Waals surface area contributed by atoms with Gasteiger partial charge < -0.3 is 0 Å². The summed E-state index contributed by atoms with van der Waals surface area (Å²) in [7, 11) is -3.62. The molecule has 10 heavy (non-hydrogen) atoms. The summed E-state index contributed by atoms with van der Waals surface area (Å²) in [4.78, 5) is 10.7. The minimum atomic E-state index is -3.62. The van der Waals surface area contributed by atoms with Gasteiger partial charge in [-0.25, -0.2) is 13.6 Å². The van der Waals surface area contributed by atoms with Gasteiger partial charge in [0.05, 0.1) is 0 Å².